The van der Waals surface area contributed by atoms with E-state index >= 15 is 0 Å². The van der Waals surface area contributed by atoms with Crippen LogP contribution in [-0.2, 0) is 9.53 Å². The minimum atomic E-state index is -1.01. The van der Waals surface area contributed by atoms with Crippen molar-refractivity contribution in [1.82, 2.24) is 4.90 Å². The van der Waals surface area contributed by atoms with E-state index in [1.54, 1.807) is 17.0 Å². The lowest BCUT2D eigenvalue weighted by molar-refractivity contribution is -0.140. The smallest absolute Gasteiger partial charge is 0.339 e. The van der Waals surface area contributed by atoms with Gasteiger partial charge in [0.2, 0.25) is 11.9 Å². The lowest BCUT2D eigenvalue weighted by atomic mass is 10.1. The summed E-state index contributed by atoms with van der Waals surface area (Å²) in [5.41, 5.74) is 0.833. The molecular weight excluding hydrogens is 374 g/mol. The zero-order valence-electron chi connectivity index (χ0n) is 16.8. The zero-order valence-corrected chi connectivity index (χ0v) is 16.8. The van der Waals surface area contributed by atoms with Crippen molar-refractivity contribution in [1.29, 1.82) is 0 Å². The maximum atomic E-state index is 13.0. The van der Waals surface area contributed by atoms with Crippen molar-refractivity contribution in [2.75, 3.05) is 34.4 Å². The van der Waals surface area contributed by atoms with E-state index in [0.29, 0.717) is 35.9 Å². The summed E-state index contributed by atoms with van der Waals surface area (Å²) < 4.78 is 21.6. The summed E-state index contributed by atoms with van der Waals surface area (Å²) in [7, 11) is 4.42. The summed E-state index contributed by atoms with van der Waals surface area (Å²) in [5, 5.41) is 0. The van der Waals surface area contributed by atoms with Gasteiger partial charge in [-0.3, -0.25) is 4.79 Å². The highest BCUT2D eigenvalue weighted by atomic mass is 16.6. The van der Waals surface area contributed by atoms with E-state index < -0.39 is 12.1 Å². The van der Waals surface area contributed by atoms with Crippen molar-refractivity contribution in [3.63, 3.8) is 0 Å². The molecule has 29 heavy (non-hydrogen) atoms. The van der Waals surface area contributed by atoms with Gasteiger partial charge in [0.25, 0.3) is 5.91 Å². The average Bonchev–Trinajstić information content (AvgIpc) is 3.31. The maximum Gasteiger partial charge on any atom is 0.339 e. The number of benzene rings is 2. The molecule has 0 bridgehead atoms. The number of ether oxygens (including phenoxy) is 4. The topological polar surface area (TPSA) is 74.3 Å². The summed E-state index contributed by atoms with van der Waals surface area (Å²) in [6, 6.07) is 12.0. The molecule has 1 fully saturated rings. The highest BCUT2D eigenvalue weighted by Crippen LogP contribution is 2.38. The molecule has 154 valence electrons. The van der Waals surface area contributed by atoms with Gasteiger partial charge in [0, 0.05) is 18.7 Å². The first-order valence-electron chi connectivity index (χ1n) is 9.43. The number of methoxy groups -OCH3 is 3. The molecule has 3 rings (SSSR count). The molecule has 1 amide bonds. The molecule has 7 heteroatoms. The van der Waals surface area contributed by atoms with Crippen LogP contribution >= 0.6 is 0 Å². The number of esters is 1. The van der Waals surface area contributed by atoms with Crippen LogP contribution in [0.15, 0.2) is 42.5 Å². The number of rotatable bonds is 7. The molecule has 2 aromatic rings. The molecule has 0 N–H and O–H groups in total. The van der Waals surface area contributed by atoms with Crippen LogP contribution in [0.2, 0.25) is 0 Å². The molecule has 1 atom stereocenters. The van der Waals surface area contributed by atoms with E-state index in [2.05, 4.69) is 0 Å². The van der Waals surface area contributed by atoms with Crippen LogP contribution in [0.4, 0.5) is 0 Å². The number of hydrogen-bond donors (Lipinski definition) is 0. The van der Waals surface area contributed by atoms with Crippen LogP contribution in [-0.4, -0.2) is 51.2 Å². The third-order valence-corrected chi connectivity index (χ3v) is 4.87. The van der Waals surface area contributed by atoms with E-state index in [4.69, 9.17) is 18.9 Å². The molecule has 1 aliphatic rings. The molecule has 0 unspecified atom stereocenters. The second kappa shape index (κ2) is 9.32. The normalized spacial score (nSPS) is 14.2. The lowest BCUT2D eigenvalue weighted by Gasteiger charge is -2.24. The summed E-state index contributed by atoms with van der Waals surface area (Å²) in [5.74, 6) is 0.182. The van der Waals surface area contributed by atoms with Crippen LogP contribution in [0, 0.1) is 0 Å². The van der Waals surface area contributed by atoms with Crippen molar-refractivity contribution < 1.29 is 28.5 Å². The first kappa shape index (κ1) is 20.5. The standard InChI is InChI=1S/C22H25NO6/c1-26-17-13-16(14-18(27-2)20(17)28-3)22(25)29-19(15-9-5-4-6-10-15)21(24)23-11-7-8-12-23/h4-6,9-10,13-14,19H,7-8,11-12H2,1-3H3/t19-/m1/s1. The Morgan fingerprint density at radius 1 is 0.897 bits per heavy atom. The van der Waals surface area contributed by atoms with Gasteiger partial charge in [0.15, 0.2) is 11.5 Å². The van der Waals surface area contributed by atoms with E-state index in [1.807, 2.05) is 18.2 Å². The highest BCUT2D eigenvalue weighted by Gasteiger charge is 2.31. The van der Waals surface area contributed by atoms with Crippen molar-refractivity contribution in [3.05, 3.63) is 53.6 Å². The Balaban J connectivity index is 1.91. The van der Waals surface area contributed by atoms with Gasteiger partial charge >= 0.3 is 5.97 Å². The number of carbonyl (C=O) groups excluding carboxylic acids is 2. The van der Waals surface area contributed by atoms with E-state index in [9.17, 15) is 9.59 Å². The van der Waals surface area contributed by atoms with Gasteiger partial charge in [-0.25, -0.2) is 4.79 Å². The molecule has 2 aromatic carbocycles. The fraction of sp³-hybridized carbons (Fsp3) is 0.364. The Bertz CT molecular complexity index is 836. The quantitative estimate of drug-likeness (QED) is 0.666. The Morgan fingerprint density at radius 3 is 2.00 bits per heavy atom. The lowest BCUT2D eigenvalue weighted by Crippen LogP contribution is -2.34. The van der Waals surface area contributed by atoms with Crippen LogP contribution in [0.1, 0.15) is 34.9 Å². The van der Waals surface area contributed by atoms with Crippen LogP contribution < -0.4 is 14.2 Å². The summed E-state index contributed by atoms with van der Waals surface area (Å²) in [6.07, 6.45) is 0.892. The number of amides is 1. The van der Waals surface area contributed by atoms with Crippen LogP contribution in [0.3, 0.4) is 0 Å². The van der Waals surface area contributed by atoms with Crippen molar-refractivity contribution in [3.8, 4) is 17.2 Å². The molecule has 1 heterocycles. The zero-order chi connectivity index (χ0) is 20.8. The van der Waals surface area contributed by atoms with Gasteiger partial charge < -0.3 is 23.8 Å². The Kier molecular flexibility index (Phi) is 6.59. The number of carbonyl (C=O) groups is 2. The van der Waals surface area contributed by atoms with Crippen molar-refractivity contribution >= 4 is 11.9 Å². The molecule has 0 aliphatic carbocycles. The third-order valence-electron chi connectivity index (χ3n) is 4.87. The Morgan fingerprint density at radius 2 is 1.48 bits per heavy atom. The molecule has 1 saturated heterocycles. The highest BCUT2D eigenvalue weighted by molar-refractivity contribution is 5.94. The van der Waals surface area contributed by atoms with Gasteiger partial charge in [-0.1, -0.05) is 30.3 Å². The van der Waals surface area contributed by atoms with E-state index in [-0.39, 0.29) is 11.5 Å². The second-order valence-corrected chi connectivity index (χ2v) is 6.64. The van der Waals surface area contributed by atoms with Crippen LogP contribution in [0.5, 0.6) is 17.2 Å². The van der Waals surface area contributed by atoms with Gasteiger partial charge in [-0.2, -0.15) is 0 Å². The molecule has 0 saturated carbocycles. The first-order chi connectivity index (χ1) is 14.1. The summed E-state index contributed by atoms with van der Waals surface area (Å²) in [4.78, 5) is 27.7. The monoisotopic (exact) mass is 399 g/mol. The SMILES string of the molecule is COc1cc(C(=O)O[C@@H](C(=O)N2CCCC2)c2ccccc2)cc(OC)c1OC. The molecule has 1 aliphatic heterocycles. The first-order valence-corrected chi connectivity index (χ1v) is 9.43. The van der Waals surface area contributed by atoms with Crippen molar-refractivity contribution in [2.45, 2.75) is 18.9 Å². The van der Waals surface area contributed by atoms with Gasteiger partial charge in [-0.15, -0.1) is 0 Å². The second-order valence-electron chi connectivity index (χ2n) is 6.64. The minimum Gasteiger partial charge on any atom is -0.493 e. The molecule has 0 aromatic heterocycles. The predicted octanol–water partition coefficient (Wildman–Crippen LogP) is 3.23. The summed E-state index contributed by atoms with van der Waals surface area (Å²) in [6.45, 7) is 1.34. The predicted molar refractivity (Wildman–Crippen MR) is 107 cm³/mol. The van der Waals surface area contributed by atoms with Gasteiger partial charge in [0.05, 0.1) is 26.9 Å². The molecule has 7 nitrogen and oxygen atoms in total. The van der Waals surface area contributed by atoms with E-state index in [0.717, 1.165) is 12.8 Å². The Hall–Kier alpha value is -3.22. The summed E-state index contributed by atoms with van der Waals surface area (Å²) >= 11 is 0. The fourth-order valence-corrected chi connectivity index (χ4v) is 3.37. The fourth-order valence-electron chi connectivity index (χ4n) is 3.37. The number of nitrogens with zero attached hydrogens (tertiary/aromatic N) is 1. The minimum absolute atomic E-state index is 0.203. The van der Waals surface area contributed by atoms with Crippen LogP contribution in [0.25, 0.3) is 0 Å². The average molecular weight is 399 g/mol. The van der Waals surface area contributed by atoms with Crippen molar-refractivity contribution in [2.24, 2.45) is 0 Å². The largest absolute Gasteiger partial charge is 0.493 e. The van der Waals surface area contributed by atoms with Gasteiger partial charge in [-0.05, 0) is 25.0 Å². The third kappa shape index (κ3) is 4.45. The number of hydrogen-bond acceptors (Lipinski definition) is 6. The maximum absolute atomic E-state index is 13.0. The molecule has 0 spiro atoms. The Labute approximate surface area is 170 Å². The van der Waals surface area contributed by atoms with Gasteiger partial charge in [0.1, 0.15) is 0 Å². The van der Waals surface area contributed by atoms with E-state index in [1.165, 1.54) is 33.5 Å². The molecular formula is C22H25NO6. The number of likely N-dealkylation sites (tertiary alicyclic amines) is 1. The molecule has 0 radical (unpaired) electrons.